The Hall–Kier alpha value is -3.60. The number of aromatic nitrogens is 2. The summed E-state index contributed by atoms with van der Waals surface area (Å²) in [6.07, 6.45) is -3.86. The summed E-state index contributed by atoms with van der Waals surface area (Å²) in [7, 11) is 0. The Morgan fingerprint density at radius 1 is 1.05 bits per heavy atom. The summed E-state index contributed by atoms with van der Waals surface area (Å²) in [6.45, 7) is 10.6. The van der Waals surface area contributed by atoms with Crippen molar-refractivity contribution >= 4 is 17.5 Å². The molecule has 0 bridgehead atoms. The first kappa shape index (κ1) is 28.4. The van der Waals surface area contributed by atoms with Crippen LogP contribution in [-0.4, -0.2) is 64.9 Å². The van der Waals surface area contributed by atoms with Crippen molar-refractivity contribution in [2.24, 2.45) is 0 Å². The lowest BCUT2D eigenvalue weighted by Crippen LogP contribution is -2.47. The number of hydrogen-bond donors (Lipinski definition) is 1. The van der Waals surface area contributed by atoms with Gasteiger partial charge in [-0.2, -0.15) is 18.3 Å². The van der Waals surface area contributed by atoms with Crippen LogP contribution in [0.5, 0.6) is 0 Å². The van der Waals surface area contributed by atoms with Gasteiger partial charge in [0.25, 0.3) is 0 Å². The zero-order valence-corrected chi connectivity index (χ0v) is 22.4. The molecule has 1 aliphatic heterocycles. The van der Waals surface area contributed by atoms with E-state index in [9.17, 15) is 22.4 Å². The van der Waals surface area contributed by atoms with Gasteiger partial charge in [0.2, 0.25) is 0 Å². The Morgan fingerprint density at radius 2 is 1.77 bits per heavy atom. The van der Waals surface area contributed by atoms with Crippen LogP contribution in [0.1, 0.15) is 37.1 Å². The summed E-state index contributed by atoms with van der Waals surface area (Å²) in [6, 6.07) is 10.3. The van der Waals surface area contributed by atoms with Gasteiger partial charge in [0.15, 0.2) is 0 Å². The number of anilines is 2. The van der Waals surface area contributed by atoms with Crippen molar-refractivity contribution in [1.29, 1.82) is 0 Å². The van der Waals surface area contributed by atoms with Gasteiger partial charge in [0.05, 0.1) is 23.5 Å². The monoisotopic (exact) mass is 546 g/mol. The Morgan fingerprint density at radius 3 is 2.41 bits per heavy atom. The van der Waals surface area contributed by atoms with Crippen LogP contribution in [0.3, 0.4) is 0 Å². The summed E-state index contributed by atoms with van der Waals surface area (Å²) >= 11 is 0. The van der Waals surface area contributed by atoms with Crippen LogP contribution in [0.15, 0.2) is 48.5 Å². The van der Waals surface area contributed by atoms with Gasteiger partial charge in [-0.05, 0) is 56.3 Å². The molecule has 210 valence electrons. The summed E-state index contributed by atoms with van der Waals surface area (Å²) in [5.74, 6) is 0.416. The molecule has 0 atom stereocenters. The second-order valence-corrected chi connectivity index (χ2v) is 9.63. The number of nitrogens with one attached hydrogen (secondary N) is 1. The highest BCUT2D eigenvalue weighted by Crippen LogP contribution is 2.32. The molecule has 1 saturated heterocycles. The minimum atomic E-state index is -4.51. The van der Waals surface area contributed by atoms with Gasteiger partial charge in [-0.3, -0.25) is 0 Å². The molecule has 4 rings (SSSR count). The predicted octanol–water partition coefficient (Wildman–Crippen LogP) is 5.92. The standard InChI is InChI=1S/C28H34F4N6O/c1-4-12-37(27(39)33-23-10-6-8-21(17-23)28(30,31)32)19-25-20(3)34-38(24-11-7-9-22(29)18-24)26(25)36-15-13-35(5-2)14-16-36/h6-11,17-18H,4-5,12-16,19H2,1-3H3,(H,33,39). The van der Waals surface area contributed by atoms with E-state index >= 15 is 0 Å². The molecule has 2 amide bonds. The van der Waals surface area contributed by atoms with Crippen LogP contribution >= 0.6 is 0 Å². The first-order chi connectivity index (χ1) is 18.6. The van der Waals surface area contributed by atoms with Crippen LogP contribution in [0.4, 0.5) is 33.9 Å². The van der Waals surface area contributed by atoms with Crippen molar-refractivity contribution in [1.82, 2.24) is 19.6 Å². The van der Waals surface area contributed by atoms with Crippen LogP contribution in [0.25, 0.3) is 5.69 Å². The molecule has 2 heterocycles. The quantitative estimate of drug-likeness (QED) is 0.356. The van der Waals surface area contributed by atoms with Crippen molar-refractivity contribution < 1.29 is 22.4 Å². The van der Waals surface area contributed by atoms with Gasteiger partial charge in [0.1, 0.15) is 11.6 Å². The van der Waals surface area contributed by atoms with Crippen LogP contribution in [0, 0.1) is 12.7 Å². The number of likely N-dealkylation sites (N-methyl/N-ethyl adjacent to an activating group) is 1. The second kappa shape index (κ2) is 12.1. The molecular weight excluding hydrogens is 512 g/mol. The number of aryl methyl sites for hydroxylation is 1. The molecule has 11 heteroatoms. The third-order valence-corrected chi connectivity index (χ3v) is 6.90. The highest BCUT2D eigenvalue weighted by Gasteiger charge is 2.31. The molecule has 1 fully saturated rings. The number of hydrogen-bond acceptors (Lipinski definition) is 4. The van der Waals surface area contributed by atoms with E-state index in [0.717, 1.165) is 56.2 Å². The van der Waals surface area contributed by atoms with E-state index in [2.05, 4.69) is 22.0 Å². The smallest absolute Gasteiger partial charge is 0.354 e. The van der Waals surface area contributed by atoms with Gasteiger partial charge in [-0.15, -0.1) is 0 Å². The van der Waals surface area contributed by atoms with Crippen LogP contribution in [-0.2, 0) is 12.7 Å². The van der Waals surface area contributed by atoms with Crippen molar-refractivity contribution in [3.63, 3.8) is 0 Å². The average Bonchev–Trinajstić information content (AvgIpc) is 3.23. The number of carbonyl (C=O) groups excluding carboxylic acids is 1. The van der Waals surface area contributed by atoms with Crippen molar-refractivity contribution in [2.45, 2.75) is 39.9 Å². The first-order valence-corrected chi connectivity index (χ1v) is 13.2. The van der Waals surface area contributed by atoms with Gasteiger partial charge >= 0.3 is 12.2 Å². The molecule has 0 spiro atoms. The maximum Gasteiger partial charge on any atom is 0.416 e. The summed E-state index contributed by atoms with van der Waals surface area (Å²) in [5.41, 5.74) is 1.33. The molecule has 3 aromatic rings. The van der Waals surface area contributed by atoms with Crippen molar-refractivity contribution in [3.8, 4) is 5.69 Å². The molecule has 1 N–H and O–H groups in total. The molecular formula is C28H34F4N6O. The number of nitrogens with zero attached hydrogens (tertiary/aromatic N) is 5. The maximum atomic E-state index is 14.2. The van der Waals surface area contributed by atoms with E-state index in [1.165, 1.54) is 24.3 Å². The molecule has 1 aromatic heterocycles. The van der Waals surface area contributed by atoms with Gasteiger partial charge in [-0.1, -0.05) is 26.0 Å². The molecule has 0 saturated carbocycles. The number of rotatable bonds is 8. The molecule has 1 aliphatic rings. The highest BCUT2D eigenvalue weighted by atomic mass is 19.4. The predicted molar refractivity (Wildman–Crippen MR) is 144 cm³/mol. The fourth-order valence-electron chi connectivity index (χ4n) is 4.81. The van der Waals surface area contributed by atoms with E-state index in [0.29, 0.717) is 24.3 Å². The SMILES string of the molecule is CCCN(Cc1c(C)nn(-c2cccc(F)c2)c1N1CCN(CC)CC1)C(=O)Nc1cccc(C(F)(F)F)c1. The Balaban J connectivity index is 1.67. The zero-order chi connectivity index (χ0) is 28.2. The first-order valence-electron chi connectivity index (χ1n) is 13.2. The lowest BCUT2D eigenvalue weighted by Gasteiger charge is -2.36. The molecule has 7 nitrogen and oxygen atoms in total. The third kappa shape index (κ3) is 6.70. The molecule has 2 aromatic carbocycles. The largest absolute Gasteiger partial charge is 0.416 e. The molecule has 0 aliphatic carbocycles. The Bertz CT molecular complexity index is 1280. The van der Waals surface area contributed by atoms with Crippen molar-refractivity contribution in [3.05, 3.63) is 71.2 Å². The summed E-state index contributed by atoms with van der Waals surface area (Å²) in [4.78, 5) is 19.4. The number of amides is 2. The van der Waals surface area contributed by atoms with E-state index in [1.54, 1.807) is 21.7 Å². The van der Waals surface area contributed by atoms with E-state index in [4.69, 9.17) is 5.10 Å². The van der Waals surface area contributed by atoms with E-state index in [1.807, 2.05) is 13.8 Å². The maximum absolute atomic E-state index is 14.2. The number of benzene rings is 2. The highest BCUT2D eigenvalue weighted by molar-refractivity contribution is 5.89. The molecule has 0 radical (unpaired) electrons. The topological polar surface area (TPSA) is 56.6 Å². The Labute approximate surface area is 226 Å². The van der Waals surface area contributed by atoms with Gasteiger partial charge in [0, 0.05) is 44.0 Å². The van der Waals surface area contributed by atoms with Crippen LogP contribution < -0.4 is 10.2 Å². The third-order valence-electron chi connectivity index (χ3n) is 6.90. The fourth-order valence-corrected chi connectivity index (χ4v) is 4.81. The second-order valence-electron chi connectivity index (χ2n) is 9.63. The fraction of sp³-hybridized carbons (Fsp3) is 0.429. The lowest BCUT2D eigenvalue weighted by atomic mass is 10.1. The number of halogens is 4. The normalized spacial score (nSPS) is 14.5. The van der Waals surface area contributed by atoms with Crippen molar-refractivity contribution in [2.75, 3.05) is 49.5 Å². The molecule has 0 unspecified atom stereocenters. The number of urea groups is 1. The average molecular weight is 547 g/mol. The van der Waals surface area contributed by atoms with E-state index in [-0.39, 0.29) is 18.0 Å². The Kier molecular flexibility index (Phi) is 8.79. The number of piperazine rings is 1. The summed E-state index contributed by atoms with van der Waals surface area (Å²) in [5, 5.41) is 7.37. The minimum Gasteiger partial charge on any atom is -0.354 e. The van der Waals surface area contributed by atoms with E-state index < -0.39 is 17.8 Å². The van der Waals surface area contributed by atoms with Gasteiger partial charge < -0.3 is 20.0 Å². The number of carbonyl (C=O) groups is 1. The lowest BCUT2D eigenvalue weighted by molar-refractivity contribution is -0.137. The summed E-state index contributed by atoms with van der Waals surface area (Å²) < 4.78 is 55.5. The minimum absolute atomic E-state index is 0.0685. The van der Waals surface area contributed by atoms with Gasteiger partial charge in [-0.25, -0.2) is 13.9 Å². The molecule has 39 heavy (non-hydrogen) atoms. The zero-order valence-electron chi connectivity index (χ0n) is 22.4. The van der Waals surface area contributed by atoms with Crippen LogP contribution in [0.2, 0.25) is 0 Å². The number of alkyl halides is 3.